The summed E-state index contributed by atoms with van der Waals surface area (Å²) >= 11 is 4.97. The Morgan fingerprint density at radius 3 is 2.32 bits per heavy atom. The topological polar surface area (TPSA) is 46.0 Å². The summed E-state index contributed by atoms with van der Waals surface area (Å²) in [4.78, 5) is 10.0. The van der Waals surface area contributed by atoms with Crippen molar-refractivity contribution in [2.24, 2.45) is 0 Å². The number of hydrogen-bond donors (Lipinski definition) is 1. The van der Waals surface area contributed by atoms with Crippen LogP contribution in [0, 0.1) is 20.8 Å². The molecule has 1 aromatic carbocycles. The molecule has 0 spiro atoms. The fourth-order valence-corrected chi connectivity index (χ4v) is 3.16. The van der Waals surface area contributed by atoms with Gasteiger partial charge in [0.25, 0.3) is 0 Å². The maximum Gasteiger partial charge on any atom is 0.192 e. The van der Waals surface area contributed by atoms with E-state index in [9.17, 15) is 0 Å². The number of nitrogens with zero attached hydrogens (tertiary/aromatic N) is 2. The van der Waals surface area contributed by atoms with E-state index in [1.807, 2.05) is 39.0 Å². The zero-order valence-electron chi connectivity index (χ0n) is 11.1. The summed E-state index contributed by atoms with van der Waals surface area (Å²) in [6, 6.07) is 5.85. The molecule has 100 valence electrons. The predicted octanol–water partition coefficient (Wildman–Crippen LogP) is 3.81. The standard InChI is InChI=1S/C14H15BrN2OS/c1-8-9(2)16-14(17-10(8)3)19-12-5-4-11(7-18)13(15)6-12/h4-6,18H,7H2,1-3H3. The number of hydrogen-bond acceptors (Lipinski definition) is 4. The summed E-state index contributed by atoms with van der Waals surface area (Å²) in [7, 11) is 0. The van der Waals surface area contributed by atoms with Gasteiger partial charge in [-0.3, -0.25) is 0 Å². The first-order valence-electron chi connectivity index (χ1n) is 5.90. The molecule has 0 fully saturated rings. The van der Waals surface area contributed by atoms with E-state index in [0.29, 0.717) is 0 Å². The lowest BCUT2D eigenvalue weighted by Gasteiger charge is -2.08. The summed E-state index contributed by atoms with van der Waals surface area (Å²) in [6.07, 6.45) is 0. The van der Waals surface area contributed by atoms with Gasteiger partial charge in [-0.15, -0.1) is 0 Å². The molecule has 0 saturated carbocycles. The van der Waals surface area contributed by atoms with E-state index in [2.05, 4.69) is 25.9 Å². The van der Waals surface area contributed by atoms with Crippen LogP contribution >= 0.6 is 27.7 Å². The van der Waals surface area contributed by atoms with Crippen molar-refractivity contribution in [1.82, 2.24) is 9.97 Å². The molecule has 0 aliphatic heterocycles. The van der Waals surface area contributed by atoms with Crippen LogP contribution in [0.15, 0.2) is 32.7 Å². The minimum atomic E-state index is 0.0325. The van der Waals surface area contributed by atoms with Crippen molar-refractivity contribution in [3.05, 3.63) is 45.2 Å². The minimum Gasteiger partial charge on any atom is -0.392 e. The first-order valence-corrected chi connectivity index (χ1v) is 7.51. The highest BCUT2D eigenvalue weighted by Crippen LogP contribution is 2.29. The minimum absolute atomic E-state index is 0.0325. The number of halogens is 1. The lowest BCUT2D eigenvalue weighted by Crippen LogP contribution is -1.97. The molecule has 0 atom stereocenters. The van der Waals surface area contributed by atoms with Gasteiger partial charge in [-0.2, -0.15) is 0 Å². The molecule has 2 aromatic rings. The summed E-state index contributed by atoms with van der Waals surface area (Å²) in [5, 5.41) is 9.89. The molecule has 0 unspecified atom stereocenters. The first-order chi connectivity index (χ1) is 9.01. The SMILES string of the molecule is Cc1nc(Sc2ccc(CO)c(Br)c2)nc(C)c1C. The third-order valence-electron chi connectivity index (χ3n) is 3.02. The van der Waals surface area contributed by atoms with Crippen LogP contribution < -0.4 is 0 Å². The molecule has 0 aliphatic rings. The average molecular weight is 339 g/mol. The number of benzene rings is 1. The van der Waals surface area contributed by atoms with Crippen LogP contribution in [0.4, 0.5) is 0 Å². The zero-order chi connectivity index (χ0) is 14.0. The molecule has 1 aromatic heterocycles. The summed E-state index contributed by atoms with van der Waals surface area (Å²) in [5.41, 5.74) is 4.05. The maximum atomic E-state index is 9.14. The lowest BCUT2D eigenvalue weighted by molar-refractivity contribution is 0.281. The Hall–Kier alpha value is -0.910. The van der Waals surface area contributed by atoms with Crippen LogP contribution in [0.2, 0.25) is 0 Å². The van der Waals surface area contributed by atoms with Crippen molar-refractivity contribution in [3.8, 4) is 0 Å². The summed E-state index contributed by atoms with van der Waals surface area (Å²) in [6.45, 7) is 6.06. The van der Waals surface area contributed by atoms with Gasteiger partial charge in [0.05, 0.1) is 6.61 Å². The van der Waals surface area contributed by atoms with E-state index in [1.165, 1.54) is 11.8 Å². The Kier molecular flexibility index (Phi) is 4.60. The van der Waals surface area contributed by atoms with E-state index >= 15 is 0 Å². The zero-order valence-corrected chi connectivity index (χ0v) is 13.5. The van der Waals surface area contributed by atoms with Crippen LogP contribution in [-0.4, -0.2) is 15.1 Å². The molecule has 1 heterocycles. The largest absolute Gasteiger partial charge is 0.392 e. The average Bonchev–Trinajstić information content (AvgIpc) is 2.36. The first kappa shape index (κ1) is 14.5. The number of rotatable bonds is 3. The Morgan fingerprint density at radius 1 is 1.16 bits per heavy atom. The van der Waals surface area contributed by atoms with Crippen molar-refractivity contribution in [2.45, 2.75) is 37.4 Å². The van der Waals surface area contributed by atoms with Crippen molar-refractivity contribution < 1.29 is 5.11 Å². The summed E-state index contributed by atoms with van der Waals surface area (Å²) < 4.78 is 0.903. The smallest absolute Gasteiger partial charge is 0.192 e. The fourth-order valence-electron chi connectivity index (χ4n) is 1.61. The second-order valence-electron chi connectivity index (χ2n) is 4.32. The molecule has 2 rings (SSSR count). The molecule has 0 saturated heterocycles. The van der Waals surface area contributed by atoms with Gasteiger partial charge in [0, 0.05) is 20.8 Å². The van der Waals surface area contributed by atoms with Gasteiger partial charge < -0.3 is 5.11 Å². The second kappa shape index (κ2) is 6.03. The molecular formula is C14H15BrN2OS. The Morgan fingerprint density at radius 2 is 1.79 bits per heavy atom. The summed E-state index contributed by atoms with van der Waals surface area (Å²) in [5.74, 6) is 0. The highest BCUT2D eigenvalue weighted by molar-refractivity contribution is 9.10. The van der Waals surface area contributed by atoms with Crippen molar-refractivity contribution in [3.63, 3.8) is 0 Å². The van der Waals surface area contributed by atoms with Crippen molar-refractivity contribution in [2.75, 3.05) is 0 Å². The van der Waals surface area contributed by atoms with E-state index in [-0.39, 0.29) is 6.61 Å². The van der Waals surface area contributed by atoms with Gasteiger partial charge in [0.2, 0.25) is 0 Å². The fraction of sp³-hybridized carbons (Fsp3) is 0.286. The van der Waals surface area contributed by atoms with Crippen LogP contribution in [0.3, 0.4) is 0 Å². The Balaban J connectivity index is 2.29. The predicted molar refractivity (Wildman–Crippen MR) is 80.4 cm³/mol. The van der Waals surface area contributed by atoms with Crippen LogP contribution in [0.1, 0.15) is 22.5 Å². The molecule has 0 bridgehead atoms. The van der Waals surface area contributed by atoms with Crippen LogP contribution in [0.25, 0.3) is 0 Å². The molecule has 1 N–H and O–H groups in total. The highest BCUT2D eigenvalue weighted by atomic mass is 79.9. The monoisotopic (exact) mass is 338 g/mol. The lowest BCUT2D eigenvalue weighted by atomic mass is 10.2. The molecular weight excluding hydrogens is 324 g/mol. The van der Waals surface area contributed by atoms with E-state index in [4.69, 9.17) is 5.11 Å². The van der Waals surface area contributed by atoms with Gasteiger partial charge >= 0.3 is 0 Å². The Bertz CT molecular complexity index is 593. The van der Waals surface area contributed by atoms with Gasteiger partial charge in [-0.25, -0.2) is 9.97 Å². The second-order valence-corrected chi connectivity index (χ2v) is 6.21. The quantitative estimate of drug-likeness (QED) is 0.864. The third kappa shape index (κ3) is 3.35. The van der Waals surface area contributed by atoms with E-state index in [1.54, 1.807) is 0 Å². The van der Waals surface area contributed by atoms with Gasteiger partial charge in [0.1, 0.15) is 0 Å². The molecule has 0 aliphatic carbocycles. The number of aryl methyl sites for hydroxylation is 2. The number of aromatic nitrogens is 2. The Labute approximate surface area is 125 Å². The highest BCUT2D eigenvalue weighted by Gasteiger charge is 2.07. The van der Waals surface area contributed by atoms with Crippen molar-refractivity contribution in [1.29, 1.82) is 0 Å². The number of aliphatic hydroxyl groups excluding tert-OH is 1. The van der Waals surface area contributed by atoms with Gasteiger partial charge in [-0.05, 0) is 55.8 Å². The van der Waals surface area contributed by atoms with Gasteiger partial charge in [-0.1, -0.05) is 22.0 Å². The van der Waals surface area contributed by atoms with E-state index in [0.717, 1.165) is 37.0 Å². The third-order valence-corrected chi connectivity index (χ3v) is 4.61. The van der Waals surface area contributed by atoms with Crippen molar-refractivity contribution >= 4 is 27.7 Å². The molecule has 0 radical (unpaired) electrons. The normalized spacial score (nSPS) is 10.8. The van der Waals surface area contributed by atoms with Gasteiger partial charge in [0.15, 0.2) is 5.16 Å². The molecule has 19 heavy (non-hydrogen) atoms. The molecule has 3 nitrogen and oxygen atoms in total. The number of aliphatic hydroxyl groups is 1. The van der Waals surface area contributed by atoms with Crippen LogP contribution in [0.5, 0.6) is 0 Å². The van der Waals surface area contributed by atoms with E-state index < -0.39 is 0 Å². The van der Waals surface area contributed by atoms with Crippen LogP contribution in [-0.2, 0) is 6.61 Å². The molecule has 0 amide bonds. The maximum absolute atomic E-state index is 9.14. The molecule has 5 heteroatoms.